The van der Waals surface area contributed by atoms with Crippen molar-refractivity contribution in [2.75, 3.05) is 44.9 Å². The average Bonchev–Trinajstić information content (AvgIpc) is 2.55. The van der Waals surface area contributed by atoms with E-state index in [9.17, 15) is 9.59 Å². The quantitative estimate of drug-likeness (QED) is 0.769. The van der Waals surface area contributed by atoms with Crippen molar-refractivity contribution < 1.29 is 14.3 Å². The standard InChI is InChI=1S/C15H26N2O3S/c1-16(13-5-3-2-4-6-13)14(18)11-21-12-15(19)17-7-9-20-10-8-17/h13H,2-12H2,1H3. The molecule has 0 aromatic rings. The van der Waals surface area contributed by atoms with Gasteiger partial charge in [0.2, 0.25) is 11.8 Å². The first-order chi connectivity index (χ1) is 10.2. The Morgan fingerprint density at radius 3 is 2.48 bits per heavy atom. The molecule has 1 aliphatic carbocycles. The van der Waals surface area contributed by atoms with E-state index in [1.807, 2.05) is 16.8 Å². The smallest absolute Gasteiger partial charge is 0.232 e. The van der Waals surface area contributed by atoms with Gasteiger partial charge < -0.3 is 14.5 Å². The maximum atomic E-state index is 12.2. The lowest BCUT2D eigenvalue weighted by molar-refractivity contribution is -0.132. The number of nitrogens with zero attached hydrogens (tertiary/aromatic N) is 2. The van der Waals surface area contributed by atoms with Crippen LogP contribution < -0.4 is 0 Å². The van der Waals surface area contributed by atoms with Crippen LogP contribution in [0.4, 0.5) is 0 Å². The van der Waals surface area contributed by atoms with Crippen LogP contribution in [0.5, 0.6) is 0 Å². The van der Waals surface area contributed by atoms with Gasteiger partial charge >= 0.3 is 0 Å². The van der Waals surface area contributed by atoms with Gasteiger partial charge in [-0.1, -0.05) is 19.3 Å². The molecule has 0 N–H and O–H groups in total. The molecule has 0 aromatic heterocycles. The van der Waals surface area contributed by atoms with Gasteiger partial charge in [0, 0.05) is 26.2 Å². The molecule has 2 amide bonds. The van der Waals surface area contributed by atoms with Crippen LogP contribution in [0.3, 0.4) is 0 Å². The van der Waals surface area contributed by atoms with Gasteiger partial charge in [0.05, 0.1) is 24.7 Å². The maximum Gasteiger partial charge on any atom is 0.232 e. The van der Waals surface area contributed by atoms with Gasteiger partial charge in [0.1, 0.15) is 0 Å². The minimum absolute atomic E-state index is 0.122. The Morgan fingerprint density at radius 2 is 1.81 bits per heavy atom. The molecule has 5 nitrogen and oxygen atoms in total. The molecule has 21 heavy (non-hydrogen) atoms. The second-order valence-corrected chi connectivity index (χ2v) is 6.77. The average molecular weight is 314 g/mol. The van der Waals surface area contributed by atoms with Gasteiger partial charge in [-0.05, 0) is 12.8 Å². The third kappa shape index (κ3) is 5.18. The Bertz CT molecular complexity index is 353. The molecule has 6 heteroatoms. The van der Waals surface area contributed by atoms with Gasteiger partial charge in [-0.15, -0.1) is 11.8 Å². The van der Waals surface area contributed by atoms with E-state index >= 15 is 0 Å². The van der Waals surface area contributed by atoms with Crippen LogP contribution in [-0.4, -0.2) is 72.5 Å². The van der Waals surface area contributed by atoms with E-state index in [0.29, 0.717) is 43.9 Å². The Kier molecular flexibility index (Phi) is 6.83. The predicted molar refractivity (Wildman–Crippen MR) is 84.4 cm³/mol. The molecule has 2 aliphatic rings. The SMILES string of the molecule is CN(C(=O)CSCC(=O)N1CCOCC1)C1CCCCC1. The number of amides is 2. The second-order valence-electron chi connectivity index (χ2n) is 5.78. The fourth-order valence-corrected chi connectivity index (χ4v) is 3.74. The topological polar surface area (TPSA) is 49.9 Å². The molecule has 0 radical (unpaired) electrons. The van der Waals surface area contributed by atoms with E-state index in [4.69, 9.17) is 4.74 Å². The molecular formula is C15H26N2O3S. The van der Waals surface area contributed by atoms with Crippen LogP contribution in [-0.2, 0) is 14.3 Å². The van der Waals surface area contributed by atoms with Crippen molar-refractivity contribution in [3.05, 3.63) is 0 Å². The van der Waals surface area contributed by atoms with Crippen molar-refractivity contribution in [1.82, 2.24) is 9.80 Å². The van der Waals surface area contributed by atoms with Crippen LogP contribution in [0.15, 0.2) is 0 Å². The molecule has 0 unspecified atom stereocenters. The van der Waals surface area contributed by atoms with Crippen molar-refractivity contribution in [3.63, 3.8) is 0 Å². The molecule has 1 aliphatic heterocycles. The van der Waals surface area contributed by atoms with Gasteiger partial charge in [-0.3, -0.25) is 9.59 Å². The molecule has 1 saturated carbocycles. The molecule has 2 rings (SSSR count). The lowest BCUT2D eigenvalue weighted by atomic mass is 9.94. The highest BCUT2D eigenvalue weighted by Gasteiger charge is 2.22. The number of carbonyl (C=O) groups excluding carboxylic acids is 2. The molecule has 1 saturated heterocycles. The van der Waals surface area contributed by atoms with Crippen molar-refractivity contribution in [2.45, 2.75) is 38.1 Å². The summed E-state index contributed by atoms with van der Waals surface area (Å²) in [5.74, 6) is 1.07. The van der Waals surface area contributed by atoms with Crippen molar-refractivity contribution in [3.8, 4) is 0 Å². The fourth-order valence-electron chi connectivity index (χ4n) is 2.90. The number of ether oxygens (including phenoxy) is 1. The fraction of sp³-hybridized carbons (Fsp3) is 0.867. The van der Waals surface area contributed by atoms with E-state index in [-0.39, 0.29) is 11.8 Å². The number of morpholine rings is 1. The summed E-state index contributed by atoms with van der Waals surface area (Å²) in [5.41, 5.74) is 0. The Balaban J connectivity index is 1.64. The summed E-state index contributed by atoms with van der Waals surface area (Å²) in [5, 5.41) is 0. The van der Waals surface area contributed by atoms with Gasteiger partial charge in [0.25, 0.3) is 0 Å². The zero-order valence-electron chi connectivity index (χ0n) is 12.9. The maximum absolute atomic E-state index is 12.2. The first-order valence-corrected chi connectivity index (χ1v) is 9.03. The lowest BCUT2D eigenvalue weighted by Crippen LogP contribution is -2.42. The van der Waals surface area contributed by atoms with Gasteiger partial charge in [-0.25, -0.2) is 0 Å². The highest BCUT2D eigenvalue weighted by molar-refractivity contribution is 8.00. The third-order valence-corrected chi connectivity index (χ3v) is 5.23. The van der Waals surface area contributed by atoms with Crippen LogP contribution in [0.25, 0.3) is 0 Å². The summed E-state index contributed by atoms with van der Waals surface area (Å²) >= 11 is 1.43. The Morgan fingerprint density at radius 1 is 1.14 bits per heavy atom. The van der Waals surface area contributed by atoms with Crippen molar-refractivity contribution in [1.29, 1.82) is 0 Å². The number of hydrogen-bond donors (Lipinski definition) is 0. The highest BCUT2D eigenvalue weighted by Crippen LogP contribution is 2.22. The Hall–Kier alpha value is -0.750. The van der Waals surface area contributed by atoms with Gasteiger partial charge in [0.15, 0.2) is 0 Å². The van der Waals surface area contributed by atoms with E-state index in [2.05, 4.69) is 0 Å². The van der Waals surface area contributed by atoms with E-state index in [1.165, 1.54) is 31.0 Å². The van der Waals surface area contributed by atoms with Crippen molar-refractivity contribution in [2.24, 2.45) is 0 Å². The number of hydrogen-bond acceptors (Lipinski definition) is 4. The van der Waals surface area contributed by atoms with Crippen LogP contribution >= 0.6 is 11.8 Å². The van der Waals surface area contributed by atoms with Crippen LogP contribution in [0.1, 0.15) is 32.1 Å². The summed E-state index contributed by atoms with van der Waals surface area (Å²) in [6.07, 6.45) is 6.00. The second kappa shape index (κ2) is 8.63. The van der Waals surface area contributed by atoms with E-state index in [1.54, 1.807) is 0 Å². The third-order valence-electron chi connectivity index (χ3n) is 4.33. The molecule has 2 fully saturated rings. The minimum atomic E-state index is 0.122. The molecule has 0 spiro atoms. The first-order valence-electron chi connectivity index (χ1n) is 7.87. The largest absolute Gasteiger partial charge is 0.378 e. The van der Waals surface area contributed by atoms with Crippen LogP contribution in [0, 0.1) is 0 Å². The van der Waals surface area contributed by atoms with E-state index < -0.39 is 0 Å². The number of rotatable bonds is 5. The zero-order chi connectivity index (χ0) is 15.1. The zero-order valence-corrected chi connectivity index (χ0v) is 13.7. The summed E-state index contributed by atoms with van der Waals surface area (Å²) in [6, 6.07) is 0.404. The molecule has 120 valence electrons. The normalized spacial score (nSPS) is 20.3. The molecule has 0 aromatic carbocycles. The Labute approximate surface area is 131 Å². The lowest BCUT2D eigenvalue weighted by Gasteiger charge is -2.31. The first kappa shape index (κ1) is 16.6. The number of carbonyl (C=O) groups is 2. The summed E-state index contributed by atoms with van der Waals surface area (Å²) in [4.78, 5) is 27.9. The number of thioether (sulfide) groups is 1. The van der Waals surface area contributed by atoms with Crippen LogP contribution in [0.2, 0.25) is 0 Å². The summed E-state index contributed by atoms with van der Waals surface area (Å²) < 4.78 is 5.23. The van der Waals surface area contributed by atoms with Gasteiger partial charge in [-0.2, -0.15) is 0 Å². The summed E-state index contributed by atoms with van der Waals surface area (Å²) in [6.45, 7) is 2.60. The molecule has 0 bridgehead atoms. The summed E-state index contributed by atoms with van der Waals surface area (Å²) in [7, 11) is 1.91. The molecule has 1 heterocycles. The van der Waals surface area contributed by atoms with Crippen molar-refractivity contribution >= 4 is 23.6 Å². The predicted octanol–water partition coefficient (Wildman–Crippen LogP) is 1.37. The monoisotopic (exact) mass is 314 g/mol. The molecular weight excluding hydrogens is 288 g/mol. The van der Waals surface area contributed by atoms with E-state index in [0.717, 1.165) is 12.8 Å². The minimum Gasteiger partial charge on any atom is -0.378 e. The molecule has 0 atom stereocenters. The highest BCUT2D eigenvalue weighted by atomic mass is 32.2.